The molecular formula is C25H35N7O3. The van der Waals surface area contributed by atoms with Gasteiger partial charge in [0.25, 0.3) is 0 Å². The molecule has 3 heterocycles. The third kappa shape index (κ3) is 7.07. The van der Waals surface area contributed by atoms with Gasteiger partial charge in [0.05, 0.1) is 29.5 Å². The van der Waals surface area contributed by atoms with Crippen LogP contribution in [0, 0.1) is 16.7 Å². The summed E-state index contributed by atoms with van der Waals surface area (Å²) in [6, 6.07) is 7.21. The van der Waals surface area contributed by atoms with Gasteiger partial charge in [-0.1, -0.05) is 0 Å². The molecule has 2 aliphatic rings. The molecule has 0 amide bonds. The minimum atomic E-state index is -0.536. The van der Waals surface area contributed by atoms with E-state index in [1.165, 1.54) is 6.33 Å². The van der Waals surface area contributed by atoms with Crippen LogP contribution in [-0.4, -0.2) is 71.6 Å². The van der Waals surface area contributed by atoms with Gasteiger partial charge in [0.15, 0.2) is 0 Å². The lowest BCUT2D eigenvalue weighted by Gasteiger charge is -2.31. The normalized spacial score (nSPS) is 22.7. The van der Waals surface area contributed by atoms with Gasteiger partial charge >= 0.3 is 0 Å². The molecule has 0 bridgehead atoms. The van der Waals surface area contributed by atoms with E-state index in [-0.39, 0.29) is 6.61 Å². The minimum Gasteiger partial charge on any atom is -0.476 e. The van der Waals surface area contributed by atoms with E-state index in [4.69, 9.17) is 14.2 Å². The molecule has 10 nitrogen and oxygen atoms in total. The van der Waals surface area contributed by atoms with Gasteiger partial charge < -0.3 is 24.8 Å². The van der Waals surface area contributed by atoms with E-state index < -0.39 is 5.41 Å². The number of nitriles is 1. The maximum Gasteiger partial charge on any atom is 0.223 e. The fourth-order valence-electron chi connectivity index (χ4n) is 4.68. The van der Waals surface area contributed by atoms with Crippen molar-refractivity contribution in [2.45, 2.75) is 63.6 Å². The largest absolute Gasteiger partial charge is 0.476 e. The highest BCUT2D eigenvalue weighted by atomic mass is 16.5. The molecule has 0 aromatic carbocycles. The molecule has 2 N–H and O–H groups in total. The number of anilines is 1. The van der Waals surface area contributed by atoms with Crippen LogP contribution < -0.4 is 15.4 Å². The van der Waals surface area contributed by atoms with Crippen molar-refractivity contribution in [2.24, 2.45) is 5.41 Å². The molecule has 1 saturated heterocycles. The predicted octanol–water partition coefficient (Wildman–Crippen LogP) is 2.98. The second-order valence-electron chi connectivity index (χ2n) is 9.52. The molecular weight excluding hydrogens is 446 g/mol. The fraction of sp³-hybridized carbons (Fsp3) is 0.640. The third-order valence-corrected chi connectivity index (χ3v) is 6.74. The van der Waals surface area contributed by atoms with E-state index in [1.54, 1.807) is 19.4 Å². The highest BCUT2D eigenvalue weighted by Gasteiger charge is 2.34. The van der Waals surface area contributed by atoms with Crippen LogP contribution in [0.25, 0.3) is 11.4 Å². The Morgan fingerprint density at radius 2 is 1.91 bits per heavy atom. The van der Waals surface area contributed by atoms with Gasteiger partial charge in [-0.2, -0.15) is 5.26 Å². The number of nitrogens with zero attached hydrogens (tertiary/aromatic N) is 5. The molecule has 1 saturated carbocycles. The summed E-state index contributed by atoms with van der Waals surface area (Å²) in [6.45, 7) is 4.31. The van der Waals surface area contributed by atoms with Crippen molar-refractivity contribution < 1.29 is 14.2 Å². The Morgan fingerprint density at radius 3 is 2.66 bits per heavy atom. The van der Waals surface area contributed by atoms with Crippen LogP contribution in [0.3, 0.4) is 0 Å². The minimum absolute atomic E-state index is 0.279. The standard InChI is InChI=1S/C25H35N7O3/c1-18(14-33-2)30-19-3-5-20(6-4-19)31-24-27-10-7-21(32-24)22-13-23(29-17-28-22)35-16-25(15-26)8-11-34-12-9-25/h7,10,13,17-20,30H,3-6,8-9,11-12,14,16H2,1-2H3,(H,27,31,32). The zero-order chi connectivity index (χ0) is 24.5. The zero-order valence-corrected chi connectivity index (χ0v) is 20.6. The first-order valence-corrected chi connectivity index (χ1v) is 12.4. The molecule has 1 aliphatic heterocycles. The molecule has 1 aliphatic carbocycles. The molecule has 4 rings (SSSR count). The summed E-state index contributed by atoms with van der Waals surface area (Å²) >= 11 is 0. The topological polar surface area (TPSA) is 127 Å². The molecule has 188 valence electrons. The van der Waals surface area contributed by atoms with Gasteiger partial charge in [0, 0.05) is 50.7 Å². The van der Waals surface area contributed by atoms with Gasteiger partial charge in [0.1, 0.15) is 12.9 Å². The average molecular weight is 482 g/mol. The van der Waals surface area contributed by atoms with Gasteiger partial charge in [-0.05, 0) is 51.5 Å². The Morgan fingerprint density at radius 1 is 1.14 bits per heavy atom. The molecule has 0 spiro atoms. The highest BCUT2D eigenvalue weighted by Crippen LogP contribution is 2.31. The monoisotopic (exact) mass is 481 g/mol. The molecule has 1 atom stereocenters. The second-order valence-corrected chi connectivity index (χ2v) is 9.52. The van der Waals surface area contributed by atoms with Crippen LogP contribution in [0.5, 0.6) is 5.88 Å². The summed E-state index contributed by atoms with van der Waals surface area (Å²) in [5, 5.41) is 16.8. The van der Waals surface area contributed by atoms with Gasteiger partial charge in [-0.25, -0.2) is 19.9 Å². The summed E-state index contributed by atoms with van der Waals surface area (Å²) < 4.78 is 16.5. The van der Waals surface area contributed by atoms with Crippen LogP contribution in [0.4, 0.5) is 5.95 Å². The Labute approximate surface area is 206 Å². The Balaban J connectivity index is 1.33. The van der Waals surface area contributed by atoms with Crippen molar-refractivity contribution in [1.82, 2.24) is 25.3 Å². The Kier molecular flexibility index (Phi) is 8.79. The summed E-state index contributed by atoms with van der Waals surface area (Å²) in [5.74, 6) is 1.02. The lowest BCUT2D eigenvalue weighted by Crippen LogP contribution is -2.43. The van der Waals surface area contributed by atoms with Crippen molar-refractivity contribution in [3.63, 3.8) is 0 Å². The number of rotatable bonds is 10. The molecule has 1 unspecified atom stereocenters. The molecule has 35 heavy (non-hydrogen) atoms. The number of hydrogen-bond donors (Lipinski definition) is 2. The van der Waals surface area contributed by atoms with E-state index in [9.17, 15) is 5.26 Å². The van der Waals surface area contributed by atoms with Crippen molar-refractivity contribution in [2.75, 3.05) is 38.9 Å². The smallest absolute Gasteiger partial charge is 0.223 e. The number of nitrogens with one attached hydrogen (secondary N) is 2. The molecule has 2 fully saturated rings. The maximum absolute atomic E-state index is 9.64. The van der Waals surface area contributed by atoms with Crippen molar-refractivity contribution in [1.29, 1.82) is 5.26 Å². The van der Waals surface area contributed by atoms with Crippen LogP contribution in [0.2, 0.25) is 0 Å². The molecule has 10 heteroatoms. The van der Waals surface area contributed by atoms with Crippen molar-refractivity contribution in [3.05, 3.63) is 24.7 Å². The van der Waals surface area contributed by atoms with E-state index in [0.717, 1.165) is 32.3 Å². The van der Waals surface area contributed by atoms with Crippen LogP contribution in [0.1, 0.15) is 45.4 Å². The van der Waals surface area contributed by atoms with E-state index in [2.05, 4.69) is 43.6 Å². The van der Waals surface area contributed by atoms with E-state index in [1.807, 2.05) is 6.07 Å². The summed E-state index contributed by atoms with van der Waals surface area (Å²) in [5.41, 5.74) is 0.809. The first-order chi connectivity index (χ1) is 17.1. The van der Waals surface area contributed by atoms with Crippen molar-refractivity contribution >= 4 is 5.95 Å². The second kappa shape index (κ2) is 12.2. The number of aromatic nitrogens is 4. The Hall–Kier alpha value is -2.87. The number of hydrogen-bond acceptors (Lipinski definition) is 10. The average Bonchev–Trinajstić information content (AvgIpc) is 2.90. The molecule has 0 radical (unpaired) electrons. The quantitative estimate of drug-likeness (QED) is 0.523. The maximum atomic E-state index is 9.64. The van der Waals surface area contributed by atoms with Crippen molar-refractivity contribution in [3.8, 4) is 23.3 Å². The molecule has 2 aromatic rings. The van der Waals surface area contributed by atoms with Crippen LogP contribution >= 0.6 is 0 Å². The van der Waals surface area contributed by atoms with Crippen LogP contribution in [-0.2, 0) is 9.47 Å². The van der Waals surface area contributed by atoms with Gasteiger partial charge in [0.2, 0.25) is 11.8 Å². The zero-order valence-electron chi connectivity index (χ0n) is 20.6. The lowest BCUT2D eigenvalue weighted by atomic mass is 9.83. The summed E-state index contributed by atoms with van der Waals surface area (Å²) in [6.07, 6.45) is 8.84. The van der Waals surface area contributed by atoms with Gasteiger partial charge in [-0.3, -0.25) is 0 Å². The highest BCUT2D eigenvalue weighted by molar-refractivity contribution is 5.56. The predicted molar refractivity (Wildman–Crippen MR) is 131 cm³/mol. The van der Waals surface area contributed by atoms with Gasteiger partial charge in [-0.15, -0.1) is 0 Å². The van der Waals surface area contributed by atoms with E-state index >= 15 is 0 Å². The summed E-state index contributed by atoms with van der Waals surface area (Å²) in [7, 11) is 1.74. The first kappa shape index (κ1) is 25.2. The lowest BCUT2D eigenvalue weighted by molar-refractivity contribution is 0.0183. The SMILES string of the molecule is COCC(C)NC1CCC(Nc2nccc(-c3cc(OCC4(C#N)CCOCC4)ncn3)n2)CC1. The van der Waals surface area contributed by atoms with E-state index in [0.29, 0.717) is 67.4 Å². The number of ether oxygens (including phenoxy) is 3. The Bertz CT molecular complexity index is 985. The molecule has 2 aromatic heterocycles. The summed E-state index contributed by atoms with van der Waals surface area (Å²) in [4.78, 5) is 17.7. The third-order valence-electron chi connectivity index (χ3n) is 6.74. The number of methoxy groups -OCH3 is 1. The van der Waals surface area contributed by atoms with Crippen LogP contribution in [0.15, 0.2) is 24.7 Å². The first-order valence-electron chi connectivity index (χ1n) is 12.4. The fourth-order valence-corrected chi connectivity index (χ4v) is 4.68.